The fraction of sp³-hybridized carbons (Fsp3) is 0.207. The molecular weight excluding hydrogens is 472 g/mol. The summed E-state index contributed by atoms with van der Waals surface area (Å²) in [5.74, 6) is 1.27. The molecule has 0 amide bonds. The molecule has 6 rings (SSSR count). The molecule has 0 unspecified atom stereocenters. The number of nitrogens with zero attached hydrogens (tertiary/aromatic N) is 4. The minimum absolute atomic E-state index is 0.324. The number of anilines is 1. The lowest BCUT2D eigenvalue weighted by Crippen LogP contribution is -2.28. The summed E-state index contributed by atoms with van der Waals surface area (Å²) in [6.07, 6.45) is 1.86. The van der Waals surface area contributed by atoms with Crippen molar-refractivity contribution in [3.8, 4) is 16.9 Å². The van der Waals surface area contributed by atoms with E-state index >= 15 is 0 Å². The van der Waals surface area contributed by atoms with Gasteiger partial charge >= 0.3 is 0 Å². The van der Waals surface area contributed by atoms with E-state index in [9.17, 15) is 8.78 Å². The number of imidazole rings is 1. The average Bonchev–Trinajstić information content (AvgIpc) is 3.10. The number of nitrogens with one attached hydrogen (secondary N) is 1. The van der Waals surface area contributed by atoms with E-state index in [1.54, 1.807) is 0 Å². The highest BCUT2D eigenvalue weighted by Gasteiger charge is 2.22. The molecule has 2 aromatic heterocycles. The Labute approximate surface area is 213 Å². The molecule has 1 aliphatic rings. The third-order valence-electron chi connectivity index (χ3n) is 6.71. The number of fused-ring (bicyclic) bond motifs is 2. The van der Waals surface area contributed by atoms with Crippen molar-refractivity contribution in [2.24, 2.45) is 0 Å². The molecule has 37 heavy (non-hydrogen) atoms. The van der Waals surface area contributed by atoms with E-state index in [4.69, 9.17) is 4.74 Å². The maximum absolute atomic E-state index is 13.9. The molecule has 3 aromatic carbocycles. The summed E-state index contributed by atoms with van der Waals surface area (Å²) in [7, 11) is 0. The Hall–Kier alpha value is -4.33. The quantitative estimate of drug-likeness (QED) is 0.335. The summed E-state index contributed by atoms with van der Waals surface area (Å²) in [6.45, 7) is 5.52. The van der Waals surface area contributed by atoms with Crippen LogP contribution in [0.3, 0.4) is 0 Å². The molecule has 0 aliphatic carbocycles. The number of aryl methyl sites for hydroxylation is 2. The minimum atomic E-state index is -0.598. The van der Waals surface area contributed by atoms with Gasteiger partial charge in [-0.2, -0.15) is 0 Å². The van der Waals surface area contributed by atoms with Crippen molar-refractivity contribution < 1.29 is 13.5 Å². The van der Waals surface area contributed by atoms with Gasteiger partial charge in [-0.25, -0.2) is 23.7 Å². The van der Waals surface area contributed by atoms with Gasteiger partial charge in [0.25, 0.3) is 0 Å². The van der Waals surface area contributed by atoms with Gasteiger partial charge < -0.3 is 14.6 Å². The molecule has 1 aliphatic heterocycles. The zero-order valence-electron chi connectivity index (χ0n) is 20.6. The lowest BCUT2D eigenvalue weighted by molar-refractivity contribution is 0.331. The van der Waals surface area contributed by atoms with Gasteiger partial charge in [-0.15, -0.1) is 0 Å². The molecule has 0 bridgehead atoms. The number of benzene rings is 3. The summed E-state index contributed by atoms with van der Waals surface area (Å²) >= 11 is 0. The molecule has 1 N–H and O–H groups in total. The van der Waals surface area contributed by atoms with Gasteiger partial charge in [0.2, 0.25) is 0 Å². The highest BCUT2D eigenvalue weighted by Crippen LogP contribution is 2.33. The summed E-state index contributed by atoms with van der Waals surface area (Å²) in [5, 5.41) is 0. The molecule has 0 saturated heterocycles. The molecule has 0 radical (unpaired) electrons. The molecule has 8 heteroatoms. The first-order valence-electron chi connectivity index (χ1n) is 12.2. The molecule has 0 atom stereocenters. The number of aromatic amines is 1. The Bertz CT molecular complexity index is 1610. The number of hydrogen-bond acceptors (Lipinski definition) is 5. The van der Waals surface area contributed by atoms with E-state index in [2.05, 4.69) is 49.1 Å². The van der Waals surface area contributed by atoms with Crippen molar-refractivity contribution in [3.63, 3.8) is 0 Å². The second-order valence-corrected chi connectivity index (χ2v) is 9.36. The molecular formula is C29H25F2N5O. The molecule has 3 heterocycles. The predicted molar refractivity (Wildman–Crippen MR) is 139 cm³/mol. The topological polar surface area (TPSA) is 66.9 Å². The zero-order valence-corrected chi connectivity index (χ0v) is 20.6. The van der Waals surface area contributed by atoms with Gasteiger partial charge in [-0.1, -0.05) is 12.1 Å². The Morgan fingerprint density at radius 2 is 1.73 bits per heavy atom. The molecule has 6 nitrogen and oxygen atoms in total. The summed E-state index contributed by atoms with van der Waals surface area (Å²) in [5.41, 5.74) is 7.29. The smallest absolute Gasteiger partial charge is 0.136 e. The number of hydrogen-bond donors (Lipinski definition) is 1. The van der Waals surface area contributed by atoms with Crippen LogP contribution in [0.1, 0.15) is 28.2 Å². The van der Waals surface area contributed by atoms with Crippen LogP contribution in [0.25, 0.3) is 22.2 Å². The maximum Gasteiger partial charge on any atom is 0.136 e. The van der Waals surface area contributed by atoms with Crippen LogP contribution in [0.4, 0.5) is 14.6 Å². The van der Waals surface area contributed by atoms with Gasteiger partial charge in [-0.3, -0.25) is 0 Å². The van der Waals surface area contributed by atoms with E-state index in [0.29, 0.717) is 31.7 Å². The van der Waals surface area contributed by atoms with Crippen LogP contribution < -0.4 is 9.64 Å². The second-order valence-electron chi connectivity index (χ2n) is 9.36. The van der Waals surface area contributed by atoms with E-state index in [-0.39, 0.29) is 0 Å². The van der Waals surface area contributed by atoms with Crippen molar-refractivity contribution in [3.05, 3.63) is 101 Å². The Morgan fingerprint density at radius 1 is 0.946 bits per heavy atom. The van der Waals surface area contributed by atoms with E-state index < -0.39 is 11.6 Å². The molecule has 186 valence electrons. The van der Waals surface area contributed by atoms with Crippen LogP contribution in [0.5, 0.6) is 5.75 Å². The van der Waals surface area contributed by atoms with Crippen LogP contribution in [0.15, 0.2) is 60.9 Å². The summed E-state index contributed by atoms with van der Waals surface area (Å²) in [6, 6.07) is 16.0. The van der Waals surface area contributed by atoms with E-state index in [1.165, 1.54) is 18.5 Å². The Balaban J connectivity index is 1.35. The molecule has 0 spiro atoms. The lowest BCUT2D eigenvalue weighted by Gasteiger charge is -2.24. The van der Waals surface area contributed by atoms with Crippen LogP contribution in [0, 0.1) is 25.5 Å². The van der Waals surface area contributed by atoms with Gasteiger partial charge in [0.1, 0.15) is 42.0 Å². The van der Waals surface area contributed by atoms with E-state index in [0.717, 1.165) is 62.4 Å². The number of halogens is 2. The van der Waals surface area contributed by atoms with Crippen molar-refractivity contribution in [2.75, 3.05) is 18.1 Å². The predicted octanol–water partition coefficient (Wildman–Crippen LogP) is 5.90. The fourth-order valence-corrected chi connectivity index (χ4v) is 4.96. The normalized spacial score (nSPS) is 13.4. The number of H-pyrrole nitrogens is 1. The number of rotatable bonds is 4. The highest BCUT2D eigenvalue weighted by atomic mass is 19.1. The standard InChI is InChI=1S/C29H25F2N5O/c1-17-25(11-19-9-23(30)14-24(31)10-19)29(33-16-32-17)36-7-8-37-28-6-4-20(12-22(28)15-36)21-3-5-26-27(13-21)35-18(2)34-26/h3-6,9-10,12-14,16H,7-8,11,15H2,1-2H3,(H,34,35). The first kappa shape index (κ1) is 23.1. The maximum atomic E-state index is 13.9. The van der Waals surface area contributed by atoms with E-state index in [1.807, 2.05) is 26.0 Å². The van der Waals surface area contributed by atoms with Crippen molar-refractivity contribution in [1.82, 2.24) is 19.9 Å². The van der Waals surface area contributed by atoms with Crippen LogP contribution >= 0.6 is 0 Å². The zero-order chi connectivity index (χ0) is 25.5. The van der Waals surface area contributed by atoms with Crippen LogP contribution in [0.2, 0.25) is 0 Å². The van der Waals surface area contributed by atoms with Crippen molar-refractivity contribution in [1.29, 1.82) is 0 Å². The van der Waals surface area contributed by atoms with Gasteiger partial charge in [-0.05, 0) is 66.9 Å². The lowest BCUT2D eigenvalue weighted by atomic mass is 10.0. The summed E-state index contributed by atoms with van der Waals surface area (Å²) in [4.78, 5) is 18.9. The third-order valence-corrected chi connectivity index (χ3v) is 6.71. The number of ether oxygens (including phenoxy) is 1. The second kappa shape index (κ2) is 9.28. The fourth-order valence-electron chi connectivity index (χ4n) is 4.96. The molecule has 0 saturated carbocycles. The number of aromatic nitrogens is 4. The van der Waals surface area contributed by atoms with Gasteiger partial charge in [0.05, 0.1) is 17.6 Å². The Morgan fingerprint density at radius 3 is 2.57 bits per heavy atom. The first-order chi connectivity index (χ1) is 17.9. The minimum Gasteiger partial charge on any atom is -0.491 e. The largest absolute Gasteiger partial charge is 0.491 e. The van der Waals surface area contributed by atoms with Crippen molar-refractivity contribution >= 4 is 16.9 Å². The SMILES string of the molecule is Cc1nc2ccc(-c3ccc4c(c3)CN(c3ncnc(C)c3Cc3cc(F)cc(F)c3)CCO4)cc2[nH]1. The Kier molecular flexibility index (Phi) is 5.79. The first-order valence-corrected chi connectivity index (χ1v) is 12.2. The van der Waals surface area contributed by atoms with Gasteiger partial charge in [0, 0.05) is 35.9 Å². The van der Waals surface area contributed by atoms with Gasteiger partial charge in [0.15, 0.2) is 0 Å². The molecule has 0 fully saturated rings. The van der Waals surface area contributed by atoms with Crippen LogP contribution in [-0.4, -0.2) is 33.1 Å². The third kappa shape index (κ3) is 4.62. The monoisotopic (exact) mass is 497 g/mol. The average molecular weight is 498 g/mol. The van der Waals surface area contributed by atoms with Crippen molar-refractivity contribution in [2.45, 2.75) is 26.8 Å². The van der Waals surface area contributed by atoms with Crippen LogP contribution in [-0.2, 0) is 13.0 Å². The summed E-state index contributed by atoms with van der Waals surface area (Å²) < 4.78 is 33.8. The molecule has 5 aromatic rings. The highest BCUT2D eigenvalue weighted by molar-refractivity contribution is 5.82.